The van der Waals surface area contributed by atoms with Crippen LogP contribution in [-0.4, -0.2) is 31.2 Å². The molecule has 0 bridgehead atoms. The zero-order chi connectivity index (χ0) is 23.7. The minimum absolute atomic E-state index is 0.00562. The van der Waals surface area contributed by atoms with Crippen molar-refractivity contribution in [3.8, 4) is 22.8 Å². The number of nitro benzene ring substituents is 1. The third-order valence-corrected chi connectivity index (χ3v) is 5.91. The van der Waals surface area contributed by atoms with Crippen LogP contribution in [0, 0.1) is 15.0 Å². The van der Waals surface area contributed by atoms with Crippen LogP contribution in [0.2, 0.25) is 0 Å². The molecule has 9 nitrogen and oxygen atoms in total. The van der Waals surface area contributed by atoms with Crippen LogP contribution in [0.4, 0.5) is 5.69 Å². The fourth-order valence-electron chi connectivity index (χ4n) is 3.93. The number of nitro groups is 1. The number of non-ortho nitro benzene ring substituents is 1. The lowest BCUT2D eigenvalue weighted by Crippen LogP contribution is -2.20. The second-order valence-electron chi connectivity index (χ2n) is 7.94. The second-order valence-corrected chi connectivity index (χ2v) is 8.29. The van der Waals surface area contributed by atoms with Gasteiger partial charge in [-0.2, -0.15) is 0 Å². The summed E-state index contributed by atoms with van der Waals surface area (Å²) in [5, 5.41) is 21.1. The van der Waals surface area contributed by atoms with E-state index in [1.165, 1.54) is 12.1 Å². The molecule has 0 unspecified atom stereocenters. The predicted molar refractivity (Wildman–Crippen MR) is 133 cm³/mol. The standard InChI is InChI=1S/C24H22N6O3S/c1-2-3-11-25-14-29-24(34)33-23(28-29)20-13-18-17-9-4-5-10-19(17)26-22(18)21(27-20)15-7-6-8-16(12-15)30(31)32/h4-10,12-13,25-26H,2-3,11,14H2,1H3. The van der Waals surface area contributed by atoms with Crippen molar-refractivity contribution >= 4 is 39.7 Å². The van der Waals surface area contributed by atoms with E-state index in [-0.39, 0.29) is 10.5 Å². The molecule has 0 amide bonds. The van der Waals surface area contributed by atoms with Crippen LogP contribution in [-0.2, 0) is 6.67 Å². The Hall–Kier alpha value is -3.89. The minimum atomic E-state index is -0.415. The monoisotopic (exact) mass is 474 g/mol. The summed E-state index contributed by atoms with van der Waals surface area (Å²) in [4.78, 5) is 19.4. The van der Waals surface area contributed by atoms with E-state index < -0.39 is 4.92 Å². The van der Waals surface area contributed by atoms with Gasteiger partial charge >= 0.3 is 0 Å². The third-order valence-electron chi connectivity index (χ3n) is 5.62. The van der Waals surface area contributed by atoms with Crippen LogP contribution in [0.1, 0.15) is 19.8 Å². The smallest absolute Gasteiger partial charge is 0.288 e. The van der Waals surface area contributed by atoms with Crippen LogP contribution in [0.3, 0.4) is 0 Å². The van der Waals surface area contributed by atoms with Crippen molar-refractivity contribution in [3.05, 3.63) is 69.5 Å². The lowest BCUT2D eigenvalue weighted by Gasteiger charge is -2.06. The lowest BCUT2D eigenvalue weighted by atomic mass is 10.1. The summed E-state index contributed by atoms with van der Waals surface area (Å²) in [6.07, 6.45) is 2.15. The maximum atomic E-state index is 11.4. The summed E-state index contributed by atoms with van der Waals surface area (Å²) >= 11 is 5.36. The van der Waals surface area contributed by atoms with Gasteiger partial charge in [0, 0.05) is 34.0 Å². The number of unbranched alkanes of at least 4 members (excludes halogenated alkanes) is 1. The molecule has 0 saturated heterocycles. The molecule has 0 aliphatic heterocycles. The molecule has 0 atom stereocenters. The van der Waals surface area contributed by atoms with Gasteiger partial charge in [-0.25, -0.2) is 9.67 Å². The number of H-pyrrole nitrogens is 1. The first-order valence-corrected chi connectivity index (χ1v) is 11.4. The Kier molecular flexibility index (Phi) is 5.91. The number of hydrogen-bond donors (Lipinski definition) is 2. The molecule has 10 heteroatoms. The van der Waals surface area contributed by atoms with Crippen molar-refractivity contribution in [2.45, 2.75) is 26.4 Å². The van der Waals surface area contributed by atoms with Crippen molar-refractivity contribution in [2.75, 3.05) is 6.54 Å². The third kappa shape index (κ3) is 4.09. The zero-order valence-corrected chi connectivity index (χ0v) is 19.3. The van der Waals surface area contributed by atoms with Crippen molar-refractivity contribution in [1.82, 2.24) is 25.1 Å². The van der Waals surface area contributed by atoms with Gasteiger partial charge in [0.15, 0.2) is 0 Å². The lowest BCUT2D eigenvalue weighted by molar-refractivity contribution is -0.384. The van der Waals surface area contributed by atoms with Gasteiger partial charge in [-0.15, -0.1) is 5.10 Å². The Morgan fingerprint density at radius 3 is 2.85 bits per heavy atom. The Morgan fingerprint density at radius 2 is 2.03 bits per heavy atom. The Balaban J connectivity index is 1.67. The summed E-state index contributed by atoms with van der Waals surface area (Å²) in [7, 11) is 0. The van der Waals surface area contributed by atoms with E-state index in [9.17, 15) is 10.1 Å². The number of nitrogens with zero attached hydrogens (tertiary/aromatic N) is 4. The van der Waals surface area contributed by atoms with E-state index in [0.29, 0.717) is 29.5 Å². The molecule has 34 heavy (non-hydrogen) atoms. The molecule has 2 N–H and O–H groups in total. The Morgan fingerprint density at radius 1 is 1.18 bits per heavy atom. The number of hydrogen-bond acceptors (Lipinski definition) is 7. The summed E-state index contributed by atoms with van der Waals surface area (Å²) in [6.45, 7) is 3.43. The number of fused-ring (bicyclic) bond motifs is 3. The van der Waals surface area contributed by atoms with Crippen LogP contribution in [0.15, 0.2) is 59.0 Å². The van der Waals surface area contributed by atoms with Crippen LogP contribution in [0.25, 0.3) is 44.6 Å². The molecule has 3 heterocycles. The molecule has 5 rings (SSSR count). The number of nitrogens with one attached hydrogen (secondary N) is 2. The second kappa shape index (κ2) is 9.16. The molecular formula is C24H22N6O3S. The maximum Gasteiger partial charge on any atom is 0.288 e. The molecule has 0 saturated carbocycles. The van der Waals surface area contributed by atoms with Crippen molar-refractivity contribution in [3.63, 3.8) is 0 Å². The van der Waals surface area contributed by atoms with Gasteiger partial charge in [-0.05, 0) is 37.3 Å². The summed E-state index contributed by atoms with van der Waals surface area (Å²) in [5.41, 5.74) is 3.40. The average Bonchev–Trinajstić information content (AvgIpc) is 3.41. The van der Waals surface area contributed by atoms with E-state index in [1.54, 1.807) is 16.8 Å². The van der Waals surface area contributed by atoms with E-state index in [1.807, 2.05) is 30.3 Å². The van der Waals surface area contributed by atoms with Gasteiger partial charge in [0.2, 0.25) is 0 Å². The molecule has 3 aromatic heterocycles. The first-order chi connectivity index (χ1) is 16.5. The van der Waals surface area contributed by atoms with Gasteiger partial charge < -0.3 is 9.40 Å². The first-order valence-electron chi connectivity index (χ1n) is 11.0. The number of aromatic amines is 1. The fourth-order valence-corrected chi connectivity index (χ4v) is 4.11. The van der Waals surface area contributed by atoms with Gasteiger partial charge in [-0.3, -0.25) is 15.4 Å². The normalized spacial score (nSPS) is 11.4. The molecule has 0 spiro atoms. The molecule has 0 radical (unpaired) electrons. The number of pyridine rings is 1. The highest BCUT2D eigenvalue weighted by molar-refractivity contribution is 7.71. The maximum absolute atomic E-state index is 11.4. The highest BCUT2D eigenvalue weighted by atomic mass is 32.1. The summed E-state index contributed by atoms with van der Waals surface area (Å²) in [6, 6.07) is 16.2. The minimum Gasteiger partial charge on any atom is -0.408 e. The quantitative estimate of drug-likeness (QED) is 0.126. The number of para-hydroxylation sites is 1. The largest absolute Gasteiger partial charge is 0.408 e. The molecule has 0 fully saturated rings. The summed E-state index contributed by atoms with van der Waals surface area (Å²) < 4.78 is 7.39. The van der Waals surface area contributed by atoms with E-state index in [4.69, 9.17) is 21.6 Å². The van der Waals surface area contributed by atoms with E-state index in [0.717, 1.165) is 41.2 Å². The first kappa shape index (κ1) is 21.9. The van der Waals surface area contributed by atoms with Crippen molar-refractivity contribution in [1.29, 1.82) is 0 Å². The summed E-state index contributed by atoms with van der Waals surface area (Å²) in [5.74, 6) is 0.293. The Bertz CT molecular complexity index is 1570. The van der Waals surface area contributed by atoms with Gasteiger partial charge in [0.1, 0.15) is 5.69 Å². The van der Waals surface area contributed by atoms with Crippen molar-refractivity contribution < 1.29 is 9.34 Å². The van der Waals surface area contributed by atoms with Crippen LogP contribution in [0.5, 0.6) is 0 Å². The molecule has 5 aromatic rings. The van der Waals surface area contributed by atoms with E-state index in [2.05, 4.69) is 22.3 Å². The van der Waals surface area contributed by atoms with Crippen molar-refractivity contribution in [2.24, 2.45) is 0 Å². The average molecular weight is 475 g/mol. The molecule has 0 aliphatic carbocycles. The van der Waals surface area contributed by atoms with Crippen LogP contribution >= 0.6 is 12.2 Å². The SMILES string of the molecule is CCCCNCn1nc(-c2cc3c([nH]c4ccccc43)c(-c3cccc([N+](=O)[O-])c3)n2)oc1=S. The topological polar surface area (TPSA) is 115 Å². The Labute approximate surface area is 199 Å². The van der Waals surface area contributed by atoms with E-state index >= 15 is 0 Å². The molecule has 2 aromatic carbocycles. The van der Waals surface area contributed by atoms with Gasteiger partial charge in [0.05, 0.1) is 22.8 Å². The van der Waals surface area contributed by atoms with Gasteiger partial charge in [0.25, 0.3) is 16.4 Å². The zero-order valence-electron chi connectivity index (χ0n) is 18.4. The van der Waals surface area contributed by atoms with Gasteiger partial charge in [-0.1, -0.05) is 43.7 Å². The van der Waals surface area contributed by atoms with Crippen LogP contribution < -0.4 is 5.32 Å². The molecule has 172 valence electrons. The number of rotatable bonds is 8. The highest BCUT2D eigenvalue weighted by Crippen LogP contribution is 2.35. The number of aromatic nitrogens is 4. The predicted octanol–water partition coefficient (Wildman–Crippen LogP) is 5.82. The molecular weight excluding hydrogens is 452 g/mol. The molecule has 0 aliphatic rings. The fraction of sp³-hybridized carbons (Fsp3) is 0.208. The number of benzene rings is 2. The highest BCUT2D eigenvalue weighted by Gasteiger charge is 2.19.